The van der Waals surface area contributed by atoms with Crippen LogP contribution in [0, 0.1) is 6.92 Å². The molecule has 4 heteroatoms. The molecule has 1 N–H and O–H groups in total. The number of nitrogens with zero attached hydrogens (tertiary/aromatic N) is 1. The number of rotatable bonds is 2. The minimum atomic E-state index is -0.340. The van der Waals surface area contributed by atoms with Gasteiger partial charge in [-0.15, -0.1) is 0 Å². The number of benzene rings is 3. The van der Waals surface area contributed by atoms with Crippen molar-refractivity contribution in [1.82, 2.24) is 4.90 Å². The van der Waals surface area contributed by atoms with Crippen molar-refractivity contribution in [3.63, 3.8) is 0 Å². The van der Waals surface area contributed by atoms with Gasteiger partial charge in [0.1, 0.15) is 6.54 Å². The molecule has 134 valence electrons. The summed E-state index contributed by atoms with van der Waals surface area (Å²) in [6.45, 7) is 2.01. The SMILES string of the molecule is Cc1ccc2c(c1)[C@@H](c1ccccc1)N(C(=O)c1ccccc1)CC(=O)N2. The van der Waals surface area contributed by atoms with Crippen LogP contribution in [0.25, 0.3) is 0 Å². The molecule has 0 unspecified atom stereocenters. The average molecular weight is 356 g/mol. The second kappa shape index (κ2) is 7.08. The zero-order valence-electron chi connectivity index (χ0n) is 15.1. The smallest absolute Gasteiger partial charge is 0.255 e. The number of hydrogen-bond donors (Lipinski definition) is 1. The Bertz CT molecular complexity index is 984. The largest absolute Gasteiger partial charge is 0.324 e. The van der Waals surface area contributed by atoms with Gasteiger partial charge in [0.15, 0.2) is 0 Å². The maximum absolute atomic E-state index is 13.3. The third-order valence-electron chi connectivity index (χ3n) is 4.80. The molecule has 0 aliphatic carbocycles. The summed E-state index contributed by atoms with van der Waals surface area (Å²) >= 11 is 0. The Balaban J connectivity index is 1.90. The van der Waals surface area contributed by atoms with Gasteiger partial charge < -0.3 is 10.2 Å². The van der Waals surface area contributed by atoms with Gasteiger partial charge in [-0.1, -0.05) is 66.2 Å². The molecule has 0 saturated heterocycles. The highest BCUT2D eigenvalue weighted by Gasteiger charge is 2.33. The fraction of sp³-hybridized carbons (Fsp3) is 0.130. The van der Waals surface area contributed by atoms with E-state index in [1.807, 2.05) is 73.7 Å². The summed E-state index contributed by atoms with van der Waals surface area (Å²) in [5, 5.41) is 2.95. The number of hydrogen-bond acceptors (Lipinski definition) is 2. The van der Waals surface area contributed by atoms with Crippen LogP contribution in [0.2, 0.25) is 0 Å². The summed E-state index contributed by atoms with van der Waals surface area (Å²) in [5.41, 5.74) is 4.31. The van der Waals surface area contributed by atoms with Crippen LogP contribution in [0.1, 0.15) is 33.1 Å². The molecule has 4 rings (SSSR count). The molecule has 1 aliphatic rings. The van der Waals surface area contributed by atoms with E-state index in [9.17, 15) is 9.59 Å². The van der Waals surface area contributed by atoms with E-state index in [1.165, 1.54) is 0 Å². The van der Waals surface area contributed by atoms with Crippen molar-refractivity contribution in [3.8, 4) is 0 Å². The van der Waals surface area contributed by atoms with Crippen molar-refractivity contribution in [1.29, 1.82) is 0 Å². The Labute approximate surface area is 158 Å². The molecule has 1 atom stereocenters. The van der Waals surface area contributed by atoms with E-state index in [1.54, 1.807) is 17.0 Å². The Morgan fingerprint density at radius 2 is 1.63 bits per heavy atom. The Morgan fingerprint density at radius 3 is 2.33 bits per heavy atom. The first kappa shape index (κ1) is 17.0. The molecule has 0 spiro atoms. The van der Waals surface area contributed by atoms with Gasteiger partial charge in [0.25, 0.3) is 5.91 Å². The average Bonchev–Trinajstić information content (AvgIpc) is 2.84. The lowest BCUT2D eigenvalue weighted by Gasteiger charge is -2.31. The van der Waals surface area contributed by atoms with Crippen molar-refractivity contribution >= 4 is 17.5 Å². The maximum Gasteiger partial charge on any atom is 0.255 e. The fourth-order valence-electron chi connectivity index (χ4n) is 3.56. The summed E-state index contributed by atoms with van der Waals surface area (Å²) in [6, 6.07) is 24.5. The normalized spacial score (nSPS) is 16.3. The molecule has 27 heavy (non-hydrogen) atoms. The number of amides is 2. The molecule has 0 saturated carbocycles. The van der Waals surface area contributed by atoms with Gasteiger partial charge in [-0.25, -0.2) is 0 Å². The number of fused-ring (bicyclic) bond motifs is 1. The molecule has 3 aromatic rings. The van der Waals surface area contributed by atoms with E-state index in [-0.39, 0.29) is 24.4 Å². The van der Waals surface area contributed by atoms with E-state index < -0.39 is 0 Å². The first-order valence-electron chi connectivity index (χ1n) is 8.95. The lowest BCUT2D eigenvalue weighted by atomic mass is 9.94. The predicted octanol–water partition coefficient (Wildman–Crippen LogP) is 4.18. The van der Waals surface area contributed by atoms with Gasteiger partial charge in [-0.3, -0.25) is 9.59 Å². The number of carbonyl (C=O) groups excluding carboxylic acids is 2. The van der Waals surface area contributed by atoms with Gasteiger partial charge in [-0.05, 0) is 30.7 Å². The van der Waals surface area contributed by atoms with Crippen LogP contribution in [0.3, 0.4) is 0 Å². The van der Waals surface area contributed by atoms with Crippen molar-refractivity contribution < 1.29 is 9.59 Å². The first-order valence-corrected chi connectivity index (χ1v) is 8.95. The van der Waals surface area contributed by atoms with Crippen LogP contribution in [0.4, 0.5) is 5.69 Å². The molecule has 0 aromatic heterocycles. The van der Waals surface area contributed by atoms with Gasteiger partial charge in [0.05, 0.1) is 6.04 Å². The molecule has 0 radical (unpaired) electrons. The fourth-order valence-corrected chi connectivity index (χ4v) is 3.56. The molecule has 0 fully saturated rings. The molecular formula is C23H20N2O2. The van der Waals surface area contributed by atoms with E-state index >= 15 is 0 Å². The Hall–Kier alpha value is -3.40. The van der Waals surface area contributed by atoms with Crippen LogP contribution < -0.4 is 5.32 Å². The minimum Gasteiger partial charge on any atom is -0.324 e. The highest BCUT2D eigenvalue weighted by atomic mass is 16.2. The van der Waals surface area contributed by atoms with Crippen LogP contribution in [-0.2, 0) is 4.79 Å². The summed E-state index contributed by atoms with van der Waals surface area (Å²) in [5.74, 6) is -0.350. The van der Waals surface area contributed by atoms with E-state index in [4.69, 9.17) is 0 Å². The van der Waals surface area contributed by atoms with Crippen LogP contribution in [0.5, 0.6) is 0 Å². The van der Waals surface area contributed by atoms with Crippen molar-refractivity contribution in [3.05, 3.63) is 101 Å². The van der Waals surface area contributed by atoms with E-state index in [0.717, 1.165) is 22.4 Å². The summed E-state index contributed by atoms with van der Waals surface area (Å²) in [4.78, 5) is 27.5. The summed E-state index contributed by atoms with van der Waals surface area (Å²) < 4.78 is 0. The molecule has 2 amide bonds. The monoisotopic (exact) mass is 356 g/mol. The Morgan fingerprint density at radius 1 is 0.963 bits per heavy atom. The lowest BCUT2D eigenvalue weighted by molar-refractivity contribution is -0.117. The topological polar surface area (TPSA) is 49.4 Å². The molecule has 1 heterocycles. The van der Waals surface area contributed by atoms with Gasteiger partial charge in [0, 0.05) is 16.8 Å². The quantitative estimate of drug-likeness (QED) is 0.749. The second-order valence-electron chi connectivity index (χ2n) is 6.75. The molecule has 0 bridgehead atoms. The van der Waals surface area contributed by atoms with Crippen molar-refractivity contribution in [2.45, 2.75) is 13.0 Å². The van der Waals surface area contributed by atoms with Crippen molar-refractivity contribution in [2.75, 3.05) is 11.9 Å². The van der Waals surface area contributed by atoms with Crippen LogP contribution in [-0.4, -0.2) is 23.3 Å². The van der Waals surface area contributed by atoms with Crippen LogP contribution in [0.15, 0.2) is 78.9 Å². The van der Waals surface area contributed by atoms with Gasteiger partial charge >= 0.3 is 0 Å². The van der Waals surface area contributed by atoms with Gasteiger partial charge in [-0.2, -0.15) is 0 Å². The number of aryl methyl sites for hydroxylation is 1. The number of nitrogens with one attached hydrogen (secondary N) is 1. The van der Waals surface area contributed by atoms with Crippen molar-refractivity contribution in [2.24, 2.45) is 0 Å². The third kappa shape index (κ3) is 3.34. The standard InChI is InChI=1S/C23H20N2O2/c1-16-12-13-20-19(14-16)22(17-8-4-2-5-9-17)25(15-21(26)24-20)23(27)18-10-6-3-7-11-18/h2-14,22H,15H2,1H3,(H,24,26)/t22-/m1/s1. The second-order valence-corrected chi connectivity index (χ2v) is 6.75. The number of carbonyl (C=O) groups is 2. The van der Waals surface area contributed by atoms with E-state index in [0.29, 0.717) is 5.56 Å². The summed E-state index contributed by atoms with van der Waals surface area (Å²) in [7, 11) is 0. The first-order chi connectivity index (χ1) is 13.1. The zero-order chi connectivity index (χ0) is 18.8. The predicted molar refractivity (Wildman–Crippen MR) is 106 cm³/mol. The Kier molecular flexibility index (Phi) is 4.47. The van der Waals surface area contributed by atoms with Gasteiger partial charge in [0.2, 0.25) is 5.91 Å². The third-order valence-corrected chi connectivity index (χ3v) is 4.80. The lowest BCUT2D eigenvalue weighted by Crippen LogP contribution is -2.38. The number of anilines is 1. The zero-order valence-corrected chi connectivity index (χ0v) is 15.1. The maximum atomic E-state index is 13.3. The molecule has 1 aliphatic heterocycles. The van der Waals surface area contributed by atoms with E-state index in [2.05, 4.69) is 5.32 Å². The molecule has 3 aromatic carbocycles. The molecular weight excluding hydrogens is 336 g/mol. The summed E-state index contributed by atoms with van der Waals surface area (Å²) in [6.07, 6.45) is 0. The van der Waals surface area contributed by atoms with Crippen LogP contribution >= 0.6 is 0 Å². The molecule has 4 nitrogen and oxygen atoms in total. The highest BCUT2D eigenvalue weighted by molar-refractivity contribution is 6.01. The minimum absolute atomic E-state index is 0.00101. The highest BCUT2D eigenvalue weighted by Crippen LogP contribution is 2.37.